The number of pyridine rings is 1. The van der Waals surface area contributed by atoms with Crippen LogP contribution in [0.3, 0.4) is 0 Å². The summed E-state index contributed by atoms with van der Waals surface area (Å²) in [6.45, 7) is 1.63. The zero-order chi connectivity index (χ0) is 18.8. The predicted octanol–water partition coefficient (Wildman–Crippen LogP) is 4.34. The van der Waals surface area contributed by atoms with Crippen LogP contribution in [0, 0.1) is 5.82 Å². The fourth-order valence-electron chi connectivity index (χ4n) is 2.56. The number of carbonyl (C=O) groups is 1. The number of carbonyl (C=O) groups excluding carboxylic acids is 1. The van der Waals surface area contributed by atoms with Crippen LogP contribution in [-0.4, -0.2) is 21.2 Å². The van der Waals surface area contributed by atoms with E-state index in [0.29, 0.717) is 11.1 Å². The van der Waals surface area contributed by atoms with Crippen molar-refractivity contribution in [2.45, 2.75) is 13.0 Å². The molecule has 2 aromatic heterocycles. The first-order valence-electron chi connectivity index (χ1n) is 8.26. The van der Waals surface area contributed by atoms with Gasteiger partial charge in [-0.15, -0.1) is 10.2 Å². The van der Waals surface area contributed by atoms with Gasteiger partial charge < -0.3 is 9.15 Å². The zero-order valence-corrected chi connectivity index (χ0v) is 14.3. The topological polar surface area (TPSA) is 78.1 Å². The van der Waals surface area contributed by atoms with Gasteiger partial charge in [0, 0.05) is 10.9 Å². The molecule has 1 atom stereocenters. The number of benzene rings is 2. The minimum Gasteiger partial charge on any atom is -0.448 e. The molecule has 0 aliphatic rings. The van der Waals surface area contributed by atoms with Crippen LogP contribution in [0.25, 0.3) is 22.4 Å². The van der Waals surface area contributed by atoms with Crippen LogP contribution in [0.15, 0.2) is 65.1 Å². The molecule has 134 valence electrons. The molecule has 0 aliphatic carbocycles. The van der Waals surface area contributed by atoms with E-state index in [1.165, 1.54) is 24.3 Å². The second kappa shape index (κ2) is 6.95. The van der Waals surface area contributed by atoms with Crippen molar-refractivity contribution in [2.24, 2.45) is 0 Å². The second-order valence-electron chi connectivity index (χ2n) is 5.89. The first-order valence-corrected chi connectivity index (χ1v) is 8.26. The first-order chi connectivity index (χ1) is 13.1. The highest BCUT2D eigenvalue weighted by molar-refractivity contribution is 5.91. The molecule has 0 spiro atoms. The lowest BCUT2D eigenvalue weighted by Gasteiger charge is -2.09. The maximum Gasteiger partial charge on any atom is 0.357 e. The van der Waals surface area contributed by atoms with Crippen molar-refractivity contribution in [3.05, 3.63) is 78.1 Å². The van der Waals surface area contributed by atoms with E-state index in [1.54, 1.807) is 13.0 Å². The number of halogens is 1. The Labute approximate surface area is 153 Å². The highest BCUT2D eigenvalue weighted by Crippen LogP contribution is 2.23. The summed E-state index contributed by atoms with van der Waals surface area (Å²) in [5.41, 5.74) is 1.47. The third-order valence-corrected chi connectivity index (χ3v) is 3.97. The molecule has 4 rings (SSSR count). The number of esters is 1. The molecule has 27 heavy (non-hydrogen) atoms. The standard InChI is InChI=1S/C20H14FN3O3/c1-12(18-23-24-19(27-18)14-6-9-15(21)10-7-14)26-20(25)17-11-8-13-4-2-3-5-16(13)22-17/h2-12H,1H3/t12-/m1/s1. The molecular formula is C20H14FN3O3. The zero-order valence-electron chi connectivity index (χ0n) is 14.3. The molecule has 0 fully saturated rings. The smallest absolute Gasteiger partial charge is 0.357 e. The van der Waals surface area contributed by atoms with Gasteiger partial charge in [0.25, 0.3) is 5.89 Å². The van der Waals surface area contributed by atoms with Crippen LogP contribution in [0.5, 0.6) is 0 Å². The lowest BCUT2D eigenvalue weighted by Crippen LogP contribution is -2.11. The molecule has 0 saturated heterocycles. The Morgan fingerprint density at radius 3 is 2.63 bits per heavy atom. The van der Waals surface area contributed by atoms with Gasteiger partial charge in [-0.3, -0.25) is 0 Å². The number of hydrogen-bond donors (Lipinski definition) is 0. The van der Waals surface area contributed by atoms with Crippen LogP contribution in [-0.2, 0) is 4.74 Å². The molecule has 6 nitrogen and oxygen atoms in total. The molecule has 2 aromatic carbocycles. The van der Waals surface area contributed by atoms with Gasteiger partial charge in [0.2, 0.25) is 5.89 Å². The van der Waals surface area contributed by atoms with Gasteiger partial charge in [-0.25, -0.2) is 14.2 Å². The third kappa shape index (κ3) is 3.52. The number of fused-ring (bicyclic) bond motifs is 1. The van der Waals surface area contributed by atoms with Gasteiger partial charge in [0.05, 0.1) is 5.52 Å². The summed E-state index contributed by atoms with van der Waals surface area (Å²) in [6, 6.07) is 16.6. The van der Waals surface area contributed by atoms with Crippen molar-refractivity contribution in [3.63, 3.8) is 0 Å². The van der Waals surface area contributed by atoms with Crippen molar-refractivity contribution < 1.29 is 18.3 Å². The largest absolute Gasteiger partial charge is 0.448 e. The van der Waals surface area contributed by atoms with Crippen LogP contribution in [0.4, 0.5) is 4.39 Å². The number of ether oxygens (including phenoxy) is 1. The molecule has 0 saturated carbocycles. The minimum absolute atomic E-state index is 0.142. The molecule has 0 radical (unpaired) electrons. The number of hydrogen-bond acceptors (Lipinski definition) is 6. The van der Waals surface area contributed by atoms with E-state index in [0.717, 1.165) is 5.39 Å². The molecule has 0 N–H and O–H groups in total. The molecule has 2 heterocycles. The summed E-state index contributed by atoms with van der Waals surface area (Å²) >= 11 is 0. The van der Waals surface area contributed by atoms with E-state index in [-0.39, 0.29) is 23.3 Å². The lowest BCUT2D eigenvalue weighted by atomic mass is 10.2. The number of nitrogens with zero attached hydrogens (tertiary/aromatic N) is 3. The molecule has 0 bridgehead atoms. The Morgan fingerprint density at radius 2 is 1.81 bits per heavy atom. The number of para-hydroxylation sites is 1. The van der Waals surface area contributed by atoms with Gasteiger partial charge in [-0.2, -0.15) is 0 Å². The lowest BCUT2D eigenvalue weighted by molar-refractivity contribution is 0.0273. The average molecular weight is 363 g/mol. The molecular weight excluding hydrogens is 349 g/mol. The normalized spacial score (nSPS) is 12.1. The average Bonchev–Trinajstić information content (AvgIpc) is 3.18. The van der Waals surface area contributed by atoms with E-state index in [1.807, 2.05) is 30.3 Å². The summed E-state index contributed by atoms with van der Waals surface area (Å²) in [7, 11) is 0. The summed E-state index contributed by atoms with van der Waals surface area (Å²) < 4.78 is 23.9. The quantitative estimate of drug-likeness (QED) is 0.502. The first kappa shape index (κ1) is 16.8. The Kier molecular flexibility index (Phi) is 4.33. The third-order valence-electron chi connectivity index (χ3n) is 3.97. The summed E-state index contributed by atoms with van der Waals surface area (Å²) in [5, 5.41) is 8.75. The summed E-state index contributed by atoms with van der Waals surface area (Å²) in [5.74, 6) is -0.585. The minimum atomic E-state index is -0.757. The fourth-order valence-corrected chi connectivity index (χ4v) is 2.56. The summed E-state index contributed by atoms with van der Waals surface area (Å²) in [6.07, 6.45) is -0.757. The van der Waals surface area contributed by atoms with E-state index >= 15 is 0 Å². The van der Waals surface area contributed by atoms with E-state index in [9.17, 15) is 9.18 Å². The molecule has 7 heteroatoms. The van der Waals surface area contributed by atoms with E-state index in [4.69, 9.17) is 9.15 Å². The second-order valence-corrected chi connectivity index (χ2v) is 5.89. The number of rotatable bonds is 4. The summed E-state index contributed by atoms with van der Waals surface area (Å²) in [4.78, 5) is 16.7. The SMILES string of the molecule is C[C@@H](OC(=O)c1ccc2ccccc2n1)c1nnc(-c2ccc(F)cc2)o1. The Hall–Kier alpha value is -3.61. The Bertz CT molecular complexity index is 1110. The predicted molar refractivity (Wildman–Crippen MR) is 95.3 cm³/mol. The maximum absolute atomic E-state index is 13.0. The Balaban J connectivity index is 1.50. The van der Waals surface area contributed by atoms with Crippen molar-refractivity contribution in [2.75, 3.05) is 0 Å². The van der Waals surface area contributed by atoms with Crippen molar-refractivity contribution in [3.8, 4) is 11.5 Å². The molecule has 0 amide bonds. The highest BCUT2D eigenvalue weighted by Gasteiger charge is 2.21. The van der Waals surface area contributed by atoms with Gasteiger partial charge in [-0.1, -0.05) is 24.3 Å². The van der Waals surface area contributed by atoms with Crippen LogP contribution in [0.2, 0.25) is 0 Å². The molecule has 0 aliphatic heterocycles. The van der Waals surface area contributed by atoms with Crippen molar-refractivity contribution >= 4 is 16.9 Å². The van der Waals surface area contributed by atoms with Gasteiger partial charge in [0.1, 0.15) is 11.5 Å². The maximum atomic E-state index is 13.0. The van der Waals surface area contributed by atoms with Gasteiger partial charge in [-0.05, 0) is 43.3 Å². The number of aromatic nitrogens is 3. The van der Waals surface area contributed by atoms with Crippen LogP contribution in [0.1, 0.15) is 29.4 Å². The monoisotopic (exact) mass is 363 g/mol. The fraction of sp³-hybridized carbons (Fsp3) is 0.100. The molecule has 4 aromatic rings. The van der Waals surface area contributed by atoms with Crippen molar-refractivity contribution in [1.82, 2.24) is 15.2 Å². The van der Waals surface area contributed by atoms with Crippen molar-refractivity contribution in [1.29, 1.82) is 0 Å². The Morgan fingerprint density at radius 1 is 1.04 bits per heavy atom. The van der Waals surface area contributed by atoms with Crippen LogP contribution < -0.4 is 0 Å². The molecule has 0 unspecified atom stereocenters. The van der Waals surface area contributed by atoms with Gasteiger partial charge >= 0.3 is 5.97 Å². The van der Waals surface area contributed by atoms with E-state index < -0.39 is 12.1 Å². The highest BCUT2D eigenvalue weighted by atomic mass is 19.1. The van der Waals surface area contributed by atoms with Gasteiger partial charge in [0.15, 0.2) is 6.10 Å². The van der Waals surface area contributed by atoms with Crippen LogP contribution >= 0.6 is 0 Å². The van der Waals surface area contributed by atoms with E-state index in [2.05, 4.69) is 15.2 Å².